The summed E-state index contributed by atoms with van der Waals surface area (Å²) in [4.78, 5) is 15.2. The molecule has 144 valence electrons. The van der Waals surface area contributed by atoms with E-state index in [0.29, 0.717) is 11.3 Å². The molecule has 28 heavy (non-hydrogen) atoms. The Morgan fingerprint density at radius 3 is 2.71 bits per heavy atom. The third kappa shape index (κ3) is 3.22. The fourth-order valence-corrected chi connectivity index (χ4v) is 3.90. The van der Waals surface area contributed by atoms with Crippen LogP contribution in [0.4, 0.5) is 0 Å². The minimum atomic E-state index is 0.00505. The molecule has 0 radical (unpaired) electrons. The number of hydrogen-bond donors (Lipinski definition) is 1. The number of hydrogen-bond acceptors (Lipinski definition) is 4. The number of carbonyl (C=O) groups excluding carboxylic acids is 1. The van der Waals surface area contributed by atoms with Gasteiger partial charge in [0.05, 0.1) is 26.5 Å². The summed E-state index contributed by atoms with van der Waals surface area (Å²) in [5.74, 6) is 1.48. The zero-order chi connectivity index (χ0) is 19.5. The van der Waals surface area contributed by atoms with E-state index in [0.717, 1.165) is 41.8 Å². The molecule has 1 amide bonds. The van der Waals surface area contributed by atoms with E-state index < -0.39 is 0 Å². The SMILES string of the molecule is COc1cc(C(=O)N2CCCC2c2ccccc2OC)ccc1-c1cn[nH]c1. The highest BCUT2D eigenvalue weighted by molar-refractivity contribution is 5.96. The van der Waals surface area contributed by atoms with Crippen LogP contribution in [-0.4, -0.2) is 41.8 Å². The van der Waals surface area contributed by atoms with Gasteiger partial charge < -0.3 is 14.4 Å². The highest BCUT2D eigenvalue weighted by Crippen LogP contribution is 2.38. The number of likely N-dealkylation sites (tertiary alicyclic amines) is 1. The Bertz CT molecular complexity index is 969. The lowest BCUT2D eigenvalue weighted by atomic mass is 10.0. The predicted octanol–water partition coefficient (Wildman–Crippen LogP) is 4.07. The standard InChI is InChI=1S/C22H23N3O3/c1-27-20-8-4-3-6-18(20)19-7-5-11-25(19)22(26)15-9-10-17(21(12-15)28-2)16-13-23-24-14-16/h3-4,6,8-10,12-14,19H,5,7,11H2,1-2H3,(H,23,24). The first kappa shape index (κ1) is 18.1. The number of carbonyl (C=O) groups is 1. The topological polar surface area (TPSA) is 67.4 Å². The fraction of sp³-hybridized carbons (Fsp3) is 0.273. The van der Waals surface area contributed by atoms with Gasteiger partial charge in [0, 0.05) is 35.0 Å². The zero-order valence-electron chi connectivity index (χ0n) is 16.0. The molecular formula is C22H23N3O3. The first-order valence-corrected chi connectivity index (χ1v) is 9.34. The van der Waals surface area contributed by atoms with Gasteiger partial charge in [0.2, 0.25) is 0 Å². The van der Waals surface area contributed by atoms with Crippen LogP contribution < -0.4 is 9.47 Å². The quantitative estimate of drug-likeness (QED) is 0.728. The van der Waals surface area contributed by atoms with Crippen molar-refractivity contribution in [2.75, 3.05) is 20.8 Å². The van der Waals surface area contributed by atoms with Gasteiger partial charge in [-0.15, -0.1) is 0 Å². The number of aromatic amines is 1. The Kier molecular flexibility index (Phi) is 5.02. The predicted molar refractivity (Wildman–Crippen MR) is 107 cm³/mol. The lowest BCUT2D eigenvalue weighted by molar-refractivity contribution is 0.0734. The fourth-order valence-electron chi connectivity index (χ4n) is 3.90. The lowest BCUT2D eigenvalue weighted by Crippen LogP contribution is -2.30. The molecule has 4 rings (SSSR count). The number of methoxy groups -OCH3 is 2. The van der Waals surface area contributed by atoms with Gasteiger partial charge >= 0.3 is 0 Å². The molecule has 0 spiro atoms. The maximum Gasteiger partial charge on any atom is 0.254 e. The summed E-state index contributed by atoms with van der Waals surface area (Å²) in [5.41, 5.74) is 3.49. The minimum Gasteiger partial charge on any atom is -0.496 e. The molecule has 1 aliphatic rings. The molecule has 6 nitrogen and oxygen atoms in total. The second-order valence-corrected chi connectivity index (χ2v) is 6.80. The van der Waals surface area contributed by atoms with Crippen molar-refractivity contribution in [1.82, 2.24) is 15.1 Å². The molecule has 0 bridgehead atoms. The van der Waals surface area contributed by atoms with Gasteiger partial charge in [0.25, 0.3) is 5.91 Å². The summed E-state index contributed by atoms with van der Waals surface area (Å²) in [6.07, 6.45) is 5.43. The van der Waals surface area contributed by atoms with E-state index in [1.165, 1.54) is 0 Å². The van der Waals surface area contributed by atoms with E-state index in [4.69, 9.17) is 9.47 Å². The minimum absolute atomic E-state index is 0.00505. The number of nitrogens with one attached hydrogen (secondary N) is 1. The van der Waals surface area contributed by atoms with Crippen LogP contribution in [0.2, 0.25) is 0 Å². The third-order valence-corrected chi connectivity index (χ3v) is 5.27. The van der Waals surface area contributed by atoms with Crippen molar-refractivity contribution in [3.05, 3.63) is 66.0 Å². The summed E-state index contributed by atoms with van der Waals surface area (Å²) in [5, 5.41) is 6.79. The highest BCUT2D eigenvalue weighted by atomic mass is 16.5. The molecule has 1 saturated heterocycles. The monoisotopic (exact) mass is 377 g/mol. The van der Waals surface area contributed by atoms with E-state index >= 15 is 0 Å². The average Bonchev–Trinajstić information content (AvgIpc) is 3.44. The van der Waals surface area contributed by atoms with Gasteiger partial charge in [0.1, 0.15) is 11.5 Å². The van der Waals surface area contributed by atoms with Crippen LogP contribution in [0.1, 0.15) is 34.8 Å². The van der Waals surface area contributed by atoms with E-state index in [1.54, 1.807) is 26.6 Å². The van der Waals surface area contributed by atoms with Crippen LogP contribution in [0.3, 0.4) is 0 Å². The van der Waals surface area contributed by atoms with Crippen LogP contribution in [-0.2, 0) is 0 Å². The largest absolute Gasteiger partial charge is 0.496 e. The van der Waals surface area contributed by atoms with Crippen molar-refractivity contribution >= 4 is 5.91 Å². The Morgan fingerprint density at radius 2 is 1.96 bits per heavy atom. The average molecular weight is 377 g/mol. The number of ether oxygens (including phenoxy) is 2. The Morgan fingerprint density at radius 1 is 1.14 bits per heavy atom. The van der Waals surface area contributed by atoms with Gasteiger partial charge in [-0.25, -0.2) is 0 Å². The molecule has 0 aliphatic carbocycles. The number of nitrogens with zero attached hydrogens (tertiary/aromatic N) is 2. The Hall–Kier alpha value is -3.28. The number of amides is 1. The molecule has 2 aromatic carbocycles. The molecule has 1 aromatic heterocycles. The van der Waals surface area contributed by atoms with Crippen molar-refractivity contribution in [1.29, 1.82) is 0 Å². The van der Waals surface area contributed by atoms with E-state index in [2.05, 4.69) is 10.2 Å². The van der Waals surface area contributed by atoms with Crippen molar-refractivity contribution in [3.63, 3.8) is 0 Å². The van der Waals surface area contributed by atoms with Gasteiger partial charge in [-0.2, -0.15) is 5.10 Å². The smallest absolute Gasteiger partial charge is 0.254 e. The first-order chi connectivity index (χ1) is 13.7. The normalized spacial score (nSPS) is 16.2. The van der Waals surface area contributed by atoms with Gasteiger partial charge in [-0.05, 0) is 37.1 Å². The van der Waals surface area contributed by atoms with Gasteiger partial charge in [0.15, 0.2) is 0 Å². The molecule has 1 fully saturated rings. The number of H-pyrrole nitrogens is 1. The van der Waals surface area contributed by atoms with Crippen LogP contribution in [0.5, 0.6) is 11.5 Å². The second-order valence-electron chi connectivity index (χ2n) is 6.80. The second kappa shape index (κ2) is 7.76. The molecule has 1 atom stereocenters. The zero-order valence-corrected chi connectivity index (χ0v) is 16.0. The maximum atomic E-state index is 13.3. The van der Waals surface area contributed by atoms with E-state index in [9.17, 15) is 4.79 Å². The van der Waals surface area contributed by atoms with Crippen LogP contribution in [0, 0.1) is 0 Å². The summed E-state index contributed by atoms with van der Waals surface area (Å²) in [7, 11) is 3.28. The summed E-state index contributed by atoms with van der Waals surface area (Å²) < 4.78 is 11.1. The molecule has 3 aromatic rings. The Labute approximate surface area is 164 Å². The number of benzene rings is 2. The molecule has 0 saturated carbocycles. The number of para-hydroxylation sites is 1. The first-order valence-electron chi connectivity index (χ1n) is 9.34. The lowest BCUT2D eigenvalue weighted by Gasteiger charge is -2.26. The molecule has 1 aliphatic heterocycles. The molecular weight excluding hydrogens is 354 g/mol. The molecule has 6 heteroatoms. The van der Waals surface area contributed by atoms with Crippen molar-refractivity contribution in [2.24, 2.45) is 0 Å². The summed E-state index contributed by atoms with van der Waals surface area (Å²) in [6.45, 7) is 0.730. The third-order valence-electron chi connectivity index (χ3n) is 5.27. The number of rotatable bonds is 5. The molecule has 2 heterocycles. The van der Waals surface area contributed by atoms with Crippen molar-refractivity contribution in [2.45, 2.75) is 18.9 Å². The summed E-state index contributed by atoms with van der Waals surface area (Å²) in [6, 6.07) is 13.5. The van der Waals surface area contributed by atoms with Crippen LogP contribution in [0.15, 0.2) is 54.9 Å². The van der Waals surface area contributed by atoms with Gasteiger partial charge in [-0.3, -0.25) is 9.89 Å². The van der Waals surface area contributed by atoms with Gasteiger partial charge in [-0.1, -0.05) is 18.2 Å². The van der Waals surface area contributed by atoms with E-state index in [1.807, 2.05) is 47.4 Å². The maximum absolute atomic E-state index is 13.3. The number of aromatic nitrogens is 2. The Balaban J connectivity index is 1.65. The van der Waals surface area contributed by atoms with Crippen molar-refractivity contribution < 1.29 is 14.3 Å². The highest BCUT2D eigenvalue weighted by Gasteiger charge is 2.32. The molecule has 1 unspecified atom stereocenters. The summed E-state index contributed by atoms with van der Waals surface area (Å²) >= 11 is 0. The van der Waals surface area contributed by atoms with Crippen LogP contribution in [0.25, 0.3) is 11.1 Å². The molecule has 1 N–H and O–H groups in total. The van der Waals surface area contributed by atoms with Crippen LogP contribution >= 0.6 is 0 Å². The van der Waals surface area contributed by atoms with Crippen molar-refractivity contribution in [3.8, 4) is 22.6 Å². The van der Waals surface area contributed by atoms with E-state index in [-0.39, 0.29) is 11.9 Å².